The molecule has 3 aromatic carbocycles. The monoisotopic (exact) mass is 415 g/mol. The molecular weight excluding hydrogens is 394 g/mol. The molecule has 0 saturated heterocycles. The molecule has 0 spiro atoms. The van der Waals surface area contributed by atoms with Crippen molar-refractivity contribution in [3.8, 4) is 6.07 Å². The maximum atomic E-state index is 12.4. The van der Waals surface area contributed by atoms with Gasteiger partial charge in [-0.1, -0.05) is 54.1 Å². The third kappa shape index (κ3) is 4.88. The van der Waals surface area contributed by atoms with Crippen LogP contribution in [0.2, 0.25) is 5.02 Å². The van der Waals surface area contributed by atoms with Gasteiger partial charge in [-0.05, 0) is 53.4 Å². The van der Waals surface area contributed by atoms with Crippen LogP contribution in [-0.4, -0.2) is 11.9 Å². The van der Waals surface area contributed by atoms with Crippen molar-refractivity contribution in [2.75, 3.05) is 0 Å². The summed E-state index contributed by atoms with van der Waals surface area (Å²) >= 11 is 6.24. The Bertz CT molecular complexity index is 1070. The number of hydrogen-bond donors (Lipinski definition) is 2. The molecule has 4 nitrogen and oxygen atoms in total. The van der Waals surface area contributed by atoms with Crippen molar-refractivity contribution in [1.29, 1.82) is 5.26 Å². The van der Waals surface area contributed by atoms with Crippen LogP contribution in [0.15, 0.2) is 72.8 Å². The minimum atomic E-state index is -0.0668. The molecule has 1 fully saturated rings. The predicted molar refractivity (Wildman–Crippen MR) is 118 cm³/mol. The van der Waals surface area contributed by atoms with Crippen molar-refractivity contribution < 1.29 is 4.79 Å². The van der Waals surface area contributed by atoms with Crippen molar-refractivity contribution in [3.05, 3.63) is 106 Å². The Labute approximate surface area is 181 Å². The molecular formula is C25H22ClN3O. The van der Waals surface area contributed by atoms with Gasteiger partial charge in [-0.15, -0.1) is 0 Å². The second-order valence-electron chi connectivity index (χ2n) is 7.54. The maximum Gasteiger partial charge on any atom is 0.251 e. The second kappa shape index (κ2) is 9.13. The van der Waals surface area contributed by atoms with Gasteiger partial charge in [-0.25, -0.2) is 0 Å². The highest BCUT2D eigenvalue weighted by Crippen LogP contribution is 2.41. The molecule has 1 aliphatic rings. The molecule has 0 aliphatic heterocycles. The second-order valence-corrected chi connectivity index (χ2v) is 7.95. The van der Waals surface area contributed by atoms with Crippen LogP contribution in [0, 0.1) is 11.3 Å². The van der Waals surface area contributed by atoms with Gasteiger partial charge in [-0.3, -0.25) is 4.79 Å². The Hall–Kier alpha value is -3.13. The molecule has 3 aromatic rings. The molecule has 0 radical (unpaired) electrons. The normalized spacial score (nSPS) is 17.2. The summed E-state index contributed by atoms with van der Waals surface area (Å²) in [6.45, 7) is 1.15. The summed E-state index contributed by atoms with van der Waals surface area (Å²) in [5, 5.41) is 16.2. The van der Waals surface area contributed by atoms with Gasteiger partial charge >= 0.3 is 0 Å². The summed E-state index contributed by atoms with van der Waals surface area (Å²) in [6.07, 6.45) is 1.05. The van der Waals surface area contributed by atoms with Crippen LogP contribution in [0.1, 0.15) is 45.0 Å². The van der Waals surface area contributed by atoms with E-state index < -0.39 is 0 Å². The fourth-order valence-electron chi connectivity index (χ4n) is 3.57. The highest BCUT2D eigenvalue weighted by molar-refractivity contribution is 6.31. The number of nitrogens with zero attached hydrogens (tertiary/aromatic N) is 1. The maximum absolute atomic E-state index is 12.4. The molecule has 0 heterocycles. The first-order valence-electron chi connectivity index (χ1n) is 9.98. The largest absolute Gasteiger partial charge is 0.348 e. The van der Waals surface area contributed by atoms with Gasteiger partial charge in [0.25, 0.3) is 5.91 Å². The van der Waals surface area contributed by atoms with Crippen LogP contribution in [-0.2, 0) is 13.1 Å². The van der Waals surface area contributed by atoms with Gasteiger partial charge in [0.2, 0.25) is 0 Å². The van der Waals surface area contributed by atoms with Gasteiger partial charge in [0.05, 0.1) is 11.6 Å². The van der Waals surface area contributed by atoms with E-state index in [9.17, 15) is 4.79 Å². The average Bonchev–Trinajstić information content (AvgIpc) is 3.57. The molecule has 0 bridgehead atoms. The zero-order chi connectivity index (χ0) is 20.9. The number of rotatable bonds is 7. The predicted octanol–water partition coefficient (Wildman–Crippen LogP) is 4.79. The Balaban J connectivity index is 1.29. The molecule has 5 heteroatoms. The molecule has 150 valence electrons. The van der Waals surface area contributed by atoms with Gasteiger partial charge in [0, 0.05) is 35.6 Å². The summed E-state index contributed by atoms with van der Waals surface area (Å²) in [4.78, 5) is 12.4. The van der Waals surface area contributed by atoms with Gasteiger partial charge in [0.1, 0.15) is 0 Å². The fourth-order valence-corrected chi connectivity index (χ4v) is 3.76. The molecule has 1 saturated carbocycles. The summed E-state index contributed by atoms with van der Waals surface area (Å²) < 4.78 is 0. The molecule has 2 N–H and O–H groups in total. The number of nitriles is 1. The topological polar surface area (TPSA) is 64.9 Å². The first-order valence-corrected chi connectivity index (χ1v) is 10.4. The number of carbonyl (C=O) groups excluding carboxylic acids is 1. The van der Waals surface area contributed by atoms with Crippen LogP contribution >= 0.6 is 11.6 Å². The molecule has 30 heavy (non-hydrogen) atoms. The van der Waals surface area contributed by atoms with Gasteiger partial charge in [-0.2, -0.15) is 5.26 Å². The Kier molecular flexibility index (Phi) is 6.13. The van der Waals surface area contributed by atoms with E-state index in [0.29, 0.717) is 41.2 Å². The lowest BCUT2D eigenvalue weighted by atomic mass is 10.1. The van der Waals surface area contributed by atoms with E-state index in [1.165, 1.54) is 5.56 Å². The summed E-state index contributed by atoms with van der Waals surface area (Å²) in [7, 11) is 0. The van der Waals surface area contributed by atoms with E-state index >= 15 is 0 Å². The first-order chi connectivity index (χ1) is 14.6. The van der Waals surface area contributed by atoms with Crippen LogP contribution < -0.4 is 10.6 Å². The number of hydrogen-bond acceptors (Lipinski definition) is 3. The minimum Gasteiger partial charge on any atom is -0.348 e. The SMILES string of the molecule is N#Cc1ccc(Cl)c(CNC2CC2c2ccc(C(=O)NCc3ccccc3)cc2)c1. The number of benzene rings is 3. The van der Waals surface area contributed by atoms with Crippen LogP contribution in [0.5, 0.6) is 0 Å². The lowest BCUT2D eigenvalue weighted by Crippen LogP contribution is -2.22. The van der Waals surface area contributed by atoms with Crippen molar-refractivity contribution in [3.63, 3.8) is 0 Å². The smallest absolute Gasteiger partial charge is 0.251 e. The van der Waals surface area contributed by atoms with Crippen molar-refractivity contribution >= 4 is 17.5 Å². The van der Waals surface area contributed by atoms with Gasteiger partial charge in [0.15, 0.2) is 0 Å². The fraction of sp³-hybridized carbons (Fsp3) is 0.200. The van der Waals surface area contributed by atoms with E-state index in [4.69, 9.17) is 16.9 Å². The number of carbonyl (C=O) groups is 1. The Morgan fingerprint density at radius 3 is 2.53 bits per heavy atom. The van der Waals surface area contributed by atoms with Crippen LogP contribution in [0.4, 0.5) is 0 Å². The Morgan fingerprint density at radius 1 is 1.03 bits per heavy atom. The molecule has 1 amide bonds. The van der Waals surface area contributed by atoms with E-state index in [0.717, 1.165) is 17.5 Å². The lowest BCUT2D eigenvalue weighted by Gasteiger charge is -2.08. The Morgan fingerprint density at radius 2 is 1.80 bits per heavy atom. The van der Waals surface area contributed by atoms with Crippen molar-refractivity contribution in [1.82, 2.24) is 10.6 Å². The quantitative estimate of drug-likeness (QED) is 0.583. The molecule has 0 aromatic heterocycles. The first kappa shape index (κ1) is 20.2. The lowest BCUT2D eigenvalue weighted by molar-refractivity contribution is 0.0951. The third-order valence-corrected chi connectivity index (χ3v) is 5.79. The van der Waals surface area contributed by atoms with E-state index in [-0.39, 0.29) is 5.91 Å². The molecule has 2 atom stereocenters. The zero-order valence-corrected chi connectivity index (χ0v) is 17.2. The van der Waals surface area contributed by atoms with E-state index in [2.05, 4.69) is 16.7 Å². The number of halogens is 1. The molecule has 1 aliphatic carbocycles. The van der Waals surface area contributed by atoms with Crippen LogP contribution in [0.25, 0.3) is 0 Å². The average molecular weight is 416 g/mol. The van der Waals surface area contributed by atoms with Crippen molar-refractivity contribution in [2.45, 2.75) is 31.5 Å². The van der Waals surface area contributed by atoms with Crippen LogP contribution in [0.3, 0.4) is 0 Å². The van der Waals surface area contributed by atoms with Crippen molar-refractivity contribution in [2.24, 2.45) is 0 Å². The number of amides is 1. The molecule has 2 unspecified atom stereocenters. The van der Waals surface area contributed by atoms with E-state index in [1.807, 2.05) is 60.7 Å². The number of nitrogens with one attached hydrogen (secondary N) is 2. The zero-order valence-electron chi connectivity index (χ0n) is 16.4. The third-order valence-electron chi connectivity index (χ3n) is 5.42. The summed E-state index contributed by atoms with van der Waals surface area (Å²) in [5.41, 5.74) is 4.52. The highest BCUT2D eigenvalue weighted by atomic mass is 35.5. The molecule has 4 rings (SSSR count). The standard InChI is InChI=1S/C25H22ClN3O/c26-23-11-6-18(14-27)12-21(23)16-28-24-13-22(24)19-7-9-20(10-8-19)25(30)29-15-17-4-2-1-3-5-17/h1-12,22,24,28H,13,15-16H2,(H,29,30). The summed E-state index contributed by atoms with van der Waals surface area (Å²) in [5.74, 6) is 0.368. The highest BCUT2D eigenvalue weighted by Gasteiger charge is 2.37. The van der Waals surface area contributed by atoms with Gasteiger partial charge < -0.3 is 10.6 Å². The summed E-state index contributed by atoms with van der Waals surface area (Å²) in [6, 6.07) is 25.6. The van der Waals surface area contributed by atoms with E-state index in [1.54, 1.807) is 12.1 Å². The minimum absolute atomic E-state index is 0.0668.